The van der Waals surface area contributed by atoms with Crippen LogP contribution in [-0.2, 0) is 16.0 Å². The molecule has 0 atom stereocenters. The van der Waals surface area contributed by atoms with Gasteiger partial charge in [-0.05, 0) is 43.7 Å². The Morgan fingerprint density at radius 2 is 1.86 bits per heavy atom. The number of aromatic nitrogens is 1. The minimum Gasteiger partial charge on any atom is -0.462 e. The molecule has 0 bridgehead atoms. The lowest BCUT2D eigenvalue weighted by Gasteiger charge is -2.11. The Morgan fingerprint density at radius 3 is 2.59 bits per heavy atom. The monoisotopic (exact) mass is 389 g/mol. The van der Waals surface area contributed by atoms with E-state index in [0.29, 0.717) is 35.8 Å². The minimum atomic E-state index is -0.393. The number of pyridine rings is 1. The Morgan fingerprint density at radius 1 is 1.03 bits per heavy atom. The van der Waals surface area contributed by atoms with Crippen LogP contribution in [0.4, 0.5) is 17.2 Å². The summed E-state index contributed by atoms with van der Waals surface area (Å²) < 4.78 is 5.08. The van der Waals surface area contributed by atoms with E-state index < -0.39 is 5.97 Å². The van der Waals surface area contributed by atoms with Gasteiger partial charge in [-0.15, -0.1) is 0 Å². The smallest absolute Gasteiger partial charge is 0.340 e. The van der Waals surface area contributed by atoms with Gasteiger partial charge in [0.25, 0.3) is 0 Å². The number of aryl methyl sites for hydroxylation is 1. The molecule has 6 heteroatoms. The molecular weight excluding hydrogens is 366 g/mol. The number of esters is 1. The summed E-state index contributed by atoms with van der Waals surface area (Å²) in [5.41, 5.74) is 3.73. The van der Waals surface area contributed by atoms with Gasteiger partial charge in [0.1, 0.15) is 5.82 Å². The van der Waals surface area contributed by atoms with E-state index in [4.69, 9.17) is 4.74 Å². The lowest BCUT2D eigenvalue weighted by Crippen LogP contribution is -2.14. The molecule has 0 aliphatic heterocycles. The van der Waals surface area contributed by atoms with Gasteiger partial charge in [-0.2, -0.15) is 0 Å². The van der Waals surface area contributed by atoms with Crippen LogP contribution in [0.3, 0.4) is 0 Å². The summed E-state index contributed by atoms with van der Waals surface area (Å²) in [4.78, 5) is 28.6. The van der Waals surface area contributed by atoms with Crippen LogP contribution in [-0.4, -0.2) is 23.5 Å². The highest BCUT2D eigenvalue weighted by Crippen LogP contribution is 2.21. The Labute approximate surface area is 169 Å². The quantitative estimate of drug-likeness (QED) is 0.582. The van der Waals surface area contributed by atoms with Gasteiger partial charge in [0.05, 0.1) is 36.2 Å². The van der Waals surface area contributed by atoms with Crippen molar-refractivity contribution in [3.63, 3.8) is 0 Å². The van der Waals surface area contributed by atoms with Crippen LogP contribution in [0, 0.1) is 6.92 Å². The van der Waals surface area contributed by atoms with Crippen molar-refractivity contribution in [3.8, 4) is 0 Å². The highest BCUT2D eigenvalue weighted by atomic mass is 16.5. The van der Waals surface area contributed by atoms with Crippen molar-refractivity contribution in [2.75, 3.05) is 17.2 Å². The molecule has 148 valence electrons. The highest BCUT2D eigenvalue weighted by Gasteiger charge is 2.12. The summed E-state index contributed by atoms with van der Waals surface area (Å²) in [6.07, 6.45) is 1.87. The lowest BCUT2D eigenvalue weighted by atomic mass is 10.1. The number of nitrogens with one attached hydrogen (secondary N) is 2. The first-order valence-electron chi connectivity index (χ1n) is 9.40. The standard InChI is InChI=1S/C23H23N3O3/c1-3-29-23(28)19-9-4-5-10-20(19)26-21-12-11-18(15-24-21)25-22(27)14-17-8-6-7-16(2)13-17/h4-13,15H,3,14H2,1-2H3,(H,24,26)(H,25,27). The molecule has 0 spiro atoms. The van der Waals surface area contributed by atoms with Crippen LogP contribution in [0.15, 0.2) is 66.9 Å². The predicted molar refractivity (Wildman–Crippen MR) is 113 cm³/mol. The zero-order valence-corrected chi connectivity index (χ0v) is 16.4. The molecule has 0 saturated carbocycles. The lowest BCUT2D eigenvalue weighted by molar-refractivity contribution is -0.115. The van der Waals surface area contributed by atoms with Gasteiger partial charge in [-0.25, -0.2) is 9.78 Å². The number of amides is 1. The first kappa shape index (κ1) is 20.1. The number of hydrogen-bond donors (Lipinski definition) is 2. The molecule has 29 heavy (non-hydrogen) atoms. The van der Waals surface area contributed by atoms with Crippen LogP contribution >= 0.6 is 0 Å². The largest absolute Gasteiger partial charge is 0.462 e. The normalized spacial score (nSPS) is 10.3. The number of nitrogens with zero attached hydrogens (tertiary/aromatic N) is 1. The van der Waals surface area contributed by atoms with Crippen molar-refractivity contribution in [3.05, 3.63) is 83.6 Å². The number of para-hydroxylation sites is 1. The van der Waals surface area contributed by atoms with Crippen LogP contribution in [0.5, 0.6) is 0 Å². The predicted octanol–water partition coefficient (Wildman–Crippen LogP) is 4.49. The molecule has 3 rings (SSSR count). The fraction of sp³-hybridized carbons (Fsp3) is 0.174. The molecule has 0 fully saturated rings. The van der Waals surface area contributed by atoms with E-state index in [9.17, 15) is 9.59 Å². The fourth-order valence-corrected chi connectivity index (χ4v) is 2.87. The van der Waals surface area contributed by atoms with Crippen LogP contribution < -0.4 is 10.6 Å². The summed E-state index contributed by atoms with van der Waals surface area (Å²) in [7, 11) is 0. The summed E-state index contributed by atoms with van der Waals surface area (Å²) in [5, 5.41) is 5.96. The number of ether oxygens (including phenoxy) is 1. The van der Waals surface area contributed by atoms with E-state index in [1.807, 2.05) is 37.3 Å². The third-order valence-electron chi connectivity index (χ3n) is 4.18. The molecule has 0 radical (unpaired) electrons. The molecule has 1 aromatic heterocycles. The number of carbonyl (C=O) groups excluding carboxylic acids is 2. The topological polar surface area (TPSA) is 80.3 Å². The average molecular weight is 389 g/mol. The van der Waals surface area contributed by atoms with Crippen LogP contribution in [0.2, 0.25) is 0 Å². The Bertz CT molecular complexity index is 1000. The molecule has 6 nitrogen and oxygen atoms in total. The Hall–Kier alpha value is -3.67. The molecule has 0 unspecified atom stereocenters. The van der Waals surface area contributed by atoms with Crippen molar-refractivity contribution in [1.82, 2.24) is 4.98 Å². The van der Waals surface area contributed by atoms with E-state index in [1.54, 1.807) is 43.5 Å². The molecule has 0 aliphatic carbocycles. The van der Waals surface area contributed by atoms with Crippen LogP contribution in [0.25, 0.3) is 0 Å². The first-order valence-corrected chi connectivity index (χ1v) is 9.40. The number of rotatable bonds is 7. The molecule has 1 heterocycles. The average Bonchev–Trinajstić information content (AvgIpc) is 2.70. The zero-order chi connectivity index (χ0) is 20.6. The molecule has 0 aliphatic rings. The fourth-order valence-electron chi connectivity index (χ4n) is 2.87. The van der Waals surface area contributed by atoms with E-state index in [0.717, 1.165) is 11.1 Å². The summed E-state index contributed by atoms with van der Waals surface area (Å²) in [5.74, 6) is 0.0554. The Balaban J connectivity index is 1.64. The number of benzene rings is 2. The maximum atomic E-state index is 12.2. The maximum absolute atomic E-state index is 12.2. The minimum absolute atomic E-state index is 0.106. The van der Waals surface area contributed by atoms with Crippen molar-refractivity contribution in [2.24, 2.45) is 0 Å². The number of carbonyl (C=O) groups is 2. The molecule has 0 saturated heterocycles. The van der Waals surface area contributed by atoms with E-state index in [1.165, 1.54) is 0 Å². The van der Waals surface area contributed by atoms with Gasteiger partial charge in [0.2, 0.25) is 5.91 Å². The molecular formula is C23H23N3O3. The SMILES string of the molecule is CCOC(=O)c1ccccc1Nc1ccc(NC(=O)Cc2cccc(C)c2)cn1. The summed E-state index contributed by atoms with van der Waals surface area (Å²) in [6, 6.07) is 18.4. The second-order valence-electron chi connectivity index (χ2n) is 6.54. The number of anilines is 3. The second kappa shape index (κ2) is 9.50. The molecule has 2 N–H and O–H groups in total. The van der Waals surface area contributed by atoms with E-state index in [2.05, 4.69) is 15.6 Å². The summed E-state index contributed by atoms with van der Waals surface area (Å²) in [6.45, 7) is 4.07. The Kier molecular flexibility index (Phi) is 6.58. The molecule has 3 aromatic rings. The van der Waals surface area contributed by atoms with Crippen LogP contribution in [0.1, 0.15) is 28.4 Å². The van der Waals surface area contributed by atoms with Gasteiger partial charge in [-0.1, -0.05) is 42.0 Å². The van der Waals surface area contributed by atoms with Gasteiger partial charge in [0, 0.05) is 0 Å². The molecule has 2 aromatic carbocycles. The van der Waals surface area contributed by atoms with Crippen molar-refractivity contribution in [1.29, 1.82) is 0 Å². The van der Waals surface area contributed by atoms with Gasteiger partial charge in [0.15, 0.2) is 0 Å². The van der Waals surface area contributed by atoms with Crippen molar-refractivity contribution in [2.45, 2.75) is 20.3 Å². The second-order valence-corrected chi connectivity index (χ2v) is 6.54. The first-order chi connectivity index (χ1) is 14.0. The maximum Gasteiger partial charge on any atom is 0.340 e. The van der Waals surface area contributed by atoms with E-state index >= 15 is 0 Å². The molecule has 1 amide bonds. The van der Waals surface area contributed by atoms with Crippen molar-refractivity contribution < 1.29 is 14.3 Å². The number of hydrogen-bond acceptors (Lipinski definition) is 5. The third kappa shape index (κ3) is 5.65. The van der Waals surface area contributed by atoms with Gasteiger partial charge >= 0.3 is 5.97 Å². The van der Waals surface area contributed by atoms with Crippen molar-refractivity contribution >= 4 is 29.1 Å². The van der Waals surface area contributed by atoms with Gasteiger partial charge in [-0.3, -0.25) is 4.79 Å². The van der Waals surface area contributed by atoms with Gasteiger partial charge < -0.3 is 15.4 Å². The zero-order valence-electron chi connectivity index (χ0n) is 16.4. The van der Waals surface area contributed by atoms with E-state index in [-0.39, 0.29) is 5.91 Å². The summed E-state index contributed by atoms with van der Waals surface area (Å²) >= 11 is 0. The third-order valence-corrected chi connectivity index (χ3v) is 4.18. The highest BCUT2D eigenvalue weighted by molar-refractivity contribution is 5.96.